The molecule has 2 aliphatic rings. The van der Waals surface area contributed by atoms with Crippen LogP contribution in [0.25, 0.3) is 0 Å². The van der Waals surface area contributed by atoms with Crippen molar-refractivity contribution in [2.75, 3.05) is 24.6 Å². The van der Waals surface area contributed by atoms with Crippen molar-refractivity contribution in [3.8, 4) is 0 Å². The number of sulfone groups is 1. The topological polar surface area (TPSA) is 91.8 Å². The molecule has 0 aromatic carbocycles. The molecule has 1 N–H and O–H groups in total. The van der Waals surface area contributed by atoms with Gasteiger partial charge in [-0.15, -0.1) is 0 Å². The highest BCUT2D eigenvalue weighted by Crippen LogP contribution is 2.28. The maximum absolute atomic E-state index is 12.3. The van der Waals surface area contributed by atoms with E-state index in [0.29, 0.717) is 12.8 Å². The van der Waals surface area contributed by atoms with Gasteiger partial charge in [-0.2, -0.15) is 0 Å². The molecule has 1 fully saturated rings. The molecule has 7 heteroatoms. The molecular formula is C12H17NO5S. The van der Waals surface area contributed by atoms with Crippen LogP contribution < -0.4 is 0 Å². The molecule has 0 radical (unpaired) electrons. The first-order valence-corrected chi connectivity index (χ1v) is 8.10. The Kier molecular flexibility index (Phi) is 3.93. The molecule has 1 aliphatic carbocycles. The number of carboxylic acids is 1. The summed E-state index contributed by atoms with van der Waals surface area (Å²) in [6.45, 7) is 0.349. The molecule has 1 heterocycles. The van der Waals surface area contributed by atoms with Crippen molar-refractivity contribution >= 4 is 21.7 Å². The van der Waals surface area contributed by atoms with Crippen LogP contribution in [0.1, 0.15) is 12.8 Å². The summed E-state index contributed by atoms with van der Waals surface area (Å²) >= 11 is 0. The number of hydrogen-bond donors (Lipinski definition) is 1. The van der Waals surface area contributed by atoms with E-state index < -0.39 is 27.6 Å². The predicted molar refractivity (Wildman–Crippen MR) is 68.2 cm³/mol. The summed E-state index contributed by atoms with van der Waals surface area (Å²) < 4.78 is 22.6. The molecule has 2 unspecified atom stereocenters. The first kappa shape index (κ1) is 14.0. The predicted octanol–water partition coefficient (Wildman–Crippen LogP) is -0.0896. The average molecular weight is 287 g/mol. The molecule has 19 heavy (non-hydrogen) atoms. The third-order valence-corrected chi connectivity index (χ3v) is 5.33. The Hall–Kier alpha value is -1.37. The summed E-state index contributed by atoms with van der Waals surface area (Å²) in [4.78, 5) is 25.0. The van der Waals surface area contributed by atoms with Crippen molar-refractivity contribution in [3.63, 3.8) is 0 Å². The highest BCUT2D eigenvalue weighted by Gasteiger charge is 2.37. The average Bonchev–Trinajstić information content (AvgIpc) is 2.38. The van der Waals surface area contributed by atoms with Gasteiger partial charge in [0.2, 0.25) is 5.91 Å². The monoisotopic (exact) mass is 287 g/mol. The van der Waals surface area contributed by atoms with Crippen LogP contribution in [0.4, 0.5) is 0 Å². The van der Waals surface area contributed by atoms with Crippen LogP contribution in [0.5, 0.6) is 0 Å². The van der Waals surface area contributed by atoms with Crippen LogP contribution in [-0.4, -0.2) is 54.9 Å². The standard InChI is InChI=1S/C12H17NO5S/c14-11(13-5-7-19(17,18)8-6-13)9-3-1-2-4-10(9)12(15)16/h1-2,9-10H,3-8H2,(H,15,16). The van der Waals surface area contributed by atoms with Crippen molar-refractivity contribution in [2.24, 2.45) is 11.8 Å². The van der Waals surface area contributed by atoms with Crippen molar-refractivity contribution in [1.29, 1.82) is 0 Å². The SMILES string of the molecule is O=C(O)C1CC=CCC1C(=O)N1CCS(=O)(=O)CC1. The third-order valence-electron chi connectivity index (χ3n) is 3.72. The van der Waals surface area contributed by atoms with Crippen LogP contribution >= 0.6 is 0 Å². The van der Waals surface area contributed by atoms with Crippen molar-refractivity contribution in [2.45, 2.75) is 12.8 Å². The summed E-state index contributed by atoms with van der Waals surface area (Å²) in [5.74, 6) is -2.52. The van der Waals surface area contributed by atoms with Gasteiger partial charge < -0.3 is 10.0 Å². The summed E-state index contributed by atoms with van der Waals surface area (Å²) in [6, 6.07) is 0. The summed E-state index contributed by atoms with van der Waals surface area (Å²) in [6.07, 6.45) is 4.38. The van der Waals surface area contributed by atoms with E-state index in [2.05, 4.69) is 0 Å². The van der Waals surface area contributed by atoms with E-state index in [4.69, 9.17) is 5.11 Å². The quantitative estimate of drug-likeness (QED) is 0.717. The van der Waals surface area contributed by atoms with Gasteiger partial charge in [0.1, 0.15) is 0 Å². The van der Waals surface area contributed by atoms with E-state index in [1.807, 2.05) is 6.08 Å². The third kappa shape index (κ3) is 3.15. The minimum absolute atomic E-state index is 0.0287. The fourth-order valence-electron chi connectivity index (χ4n) is 2.53. The first-order chi connectivity index (χ1) is 8.91. The Balaban J connectivity index is 2.07. The van der Waals surface area contributed by atoms with Gasteiger partial charge in [0, 0.05) is 13.1 Å². The van der Waals surface area contributed by atoms with Crippen LogP contribution in [0.15, 0.2) is 12.2 Å². The van der Waals surface area contributed by atoms with E-state index in [1.54, 1.807) is 6.08 Å². The molecule has 0 aromatic heterocycles. The van der Waals surface area contributed by atoms with E-state index in [1.165, 1.54) is 4.90 Å². The zero-order valence-corrected chi connectivity index (χ0v) is 11.3. The highest BCUT2D eigenvalue weighted by atomic mass is 32.2. The second-order valence-corrected chi connectivity index (χ2v) is 7.27. The summed E-state index contributed by atoms with van der Waals surface area (Å²) in [7, 11) is -3.03. The van der Waals surface area contributed by atoms with Gasteiger partial charge in [0.15, 0.2) is 9.84 Å². The molecule has 1 amide bonds. The number of carbonyl (C=O) groups excluding carboxylic acids is 1. The normalized spacial score (nSPS) is 30.0. The Bertz CT molecular complexity index is 496. The summed E-state index contributed by atoms with van der Waals surface area (Å²) in [5.41, 5.74) is 0. The number of carbonyl (C=O) groups is 2. The van der Waals surface area contributed by atoms with Crippen molar-refractivity contribution < 1.29 is 23.1 Å². The minimum atomic E-state index is -3.03. The Morgan fingerprint density at radius 1 is 1.05 bits per heavy atom. The number of allylic oxidation sites excluding steroid dienone is 2. The van der Waals surface area contributed by atoms with Gasteiger partial charge in [-0.05, 0) is 12.8 Å². The van der Waals surface area contributed by atoms with Gasteiger partial charge >= 0.3 is 5.97 Å². The van der Waals surface area contributed by atoms with Gasteiger partial charge in [0.25, 0.3) is 0 Å². The number of nitrogens with zero attached hydrogens (tertiary/aromatic N) is 1. The molecule has 106 valence electrons. The molecule has 0 spiro atoms. The van der Waals surface area contributed by atoms with Gasteiger partial charge in [-0.25, -0.2) is 8.42 Å². The lowest BCUT2D eigenvalue weighted by Crippen LogP contribution is -2.48. The maximum Gasteiger partial charge on any atom is 0.307 e. The Morgan fingerprint density at radius 2 is 1.58 bits per heavy atom. The molecule has 1 saturated heterocycles. The molecule has 1 aliphatic heterocycles. The smallest absolute Gasteiger partial charge is 0.307 e. The lowest BCUT2D eigenvalue weighted by molar-refractivity contribution is -0.150. The van der Waals surface area contributed by atoms with E-state index in [-0.39, 0.29) is 30.5 Å². The molecular weight excluding hydrogens is 270 g/mol. The van der Waals surface area contributed by atoms with Gasteiger partial charge in [-0.1, -0.05) is 12.2 Å². The lowest BCUT2D eigenvalue weighted by Gasteiger charge is -2.33. The highest BCUT2D eigenvalue weighted by molar-refractivity contribution is 7.91. The number of amides is 1. The van der Waals surface area contributed by atoms with Crippen molar-refractivity contribution in [1.82, 2.24) is 4.90 Å². The van der Waals surface area contributed by atoms with Gasteiger partial charge in [-0.3, -0.25) is 9.59 Å². The molecule has 2 rings (SSSR count). The zero-order valence-electron chi connectivity index (χ0n) is 10.5. The molecule has 0 bridgehead atoms. The second-order valence-electron chi connectivity index (χ2n) is 4.97. The Labute approximate surface area is 112 Å². The van der Waals surface area contributed by atoms with Gasteiger partial charge in [0.05, 0.1) is 23.3 Å². The summed E-state index contributed by atoms with van der Waals surface area (Å²) in [5, 5.41) is 9.14. The minimum Gasteiger partial charge on any atom is -0.481 e. The largest absolute Gasteiger partial charge is 0.481 e. The number of hydrogen-bond acceptors (Lipinski definition) is 4. The fourth-order valence-corrected chi connectivity index (χ4v) is 3.73. The molecule has 2 atom stereocenters. The molecule has 6 nitrogen and oxygen atoms in total. The second kappa shape index (κ2) is 5.32. The van der Waals surface area contributed by atoms with Crippen molar-refractivity contribution in [3.05, 3.63) is 12.2 Å². The van der Waals surface area contributed by atoms with Crippen LogP contribution in [0, 0.1) is 11.8 Å². The maximum atomic E-state index is 12.3. The number of aliphatic carboxylic acids is 1. The number of rotatable bonds is 2. The van der Waals surface area contributed by atoms with E-state index in [9.17, 15) is 18.0 Å². The Morgan fingerprint density at radius 3 is 2.11 bits per heavy atom. The molecule has 0 aromatic rings. The van der Waals surface area contributed by atoms with Crippen LogP contribution in [0.2, 0.25) is 0 Å². The van der Waals surface area contributed by atoms with Crippen LogP contribution in [-0.2, 0) is 19.4 Å². The lowest BCUT2D eigenvalue weighted by atomic mass is 9.82. The zero-order chi connectivity index (χ0) is 14.0. The number of carboxylic acid groups (broad SMARTS) is 1. The van der Waals surface area contributed by atoms with Crippen LogP contribution in [0.3, 0.4) is 0 Å². The first-order valence-electron chi connectivity index (χ1n) is 6.28. The molecule has 0 saturated carbocycles. The van der Waals surface area contributed by atoms with E-state index in [0.717, 1.165) is 0 Å². The fraction of sp³-hybridized carbons (Fsp3) is 0.667. The van der Waals surface area contributed by atoms with E-state index >= 15 is 0 Å².